The Morgan fingerprint density at radius 2 is 1.96 bits per heavy atom. The summed E-state index contributed by atoms with van der Waals surface area (Å²) in [5, 5.41) is 4.22. The van der Waals surface area contributed by atoms with E-state index in [4.69, 9.17) is 9.57 Å². The van der Waals surface area contributed by atoms with E-state index in [2.05, 4.69) is 5.16 Å². The average molecular weight is 384 g/mol. The number of methoxy groups -OCH3 is 1. The molecule has 1 atom stereocenters. The number of amides is 1. The maximum atomic E-state index is 13.2. The van der Waals surface area contributed by atoms with Crippen molar-refractivity contribution in [3.8, 4) is 5.75 Å². The molecule has 0 unspecified atom stereocenters. The van der Waals surface area contributed by atoms with Crippen LogP contribution in [-0.4, -0.2) is 36.3 Å². The van der Waals surface area contributed by atoms with Crippen LogP contribution in [0.15, 0.2) is 53.7 Å². The fourth-order valence-electron chi connectivity index (χ4n) is 3.22. The summed E-state index contributed by atoms with van der Waals surface area (Å²) in [5.74, 6) is 0.335. The van der Waals surface area contributed by atoms with Crippen molar-refractivity contribution in [2.45, 2.75) is 32.9 Å². The fourth-order valence-corrected chi connectivity index (χ4v) is 3.22. The molecule has 0 spiro atoms. The third-order valence-electron chi connectivity index (χ3n) is 4.67. The second-order valence-electron chi connectivity index (χ2n) is 7.17. The van der Waals surface area contributed by atoms with Crippen LogP contribution in [0.4, 0.5) is 4.39 Å². The number of carbonyl (C=O) groups is 1. The molecule has 1 aliphatic rings. The molecular formula is C22H25FN2O3. The normalized spacial score (nSPS) is 15.9. The van der Waals surface area contributed by atoms with Crippen molar-refractivity contribution in [2.75, 3.05) is 13.7 Å². The standard InChI is InChI=1S/C22H25FN2O3/c1-15(2)22(26)25(13-16-8-10-17(23)11-9-16)14-18-12-20(24-28-18)19-6-4-5-7-21(19)27-3/h4-11,15,18H,12-14H2,1-3H3/t18-/m0/s1. The van der Waals surface area contributed by atoms with Crippen LogP contribution < -0.4 is 4.74 Å². The van der Waals surface area contributed by atoms with E-state index < -0.39 is 0 Å². The van der Waals surface area contributed by atoms with Crippen LogP contribution in [0.5, 0.6) is 5.75 Å². The summed E-state index contributed by atoms with van der Waals surface area (Å²) >= 11 is 0. The van der Waals surface area contributed by atoms with Crippen LogP contribution in [0.1, 0.15) is 31.4 Å². The topological polar surface area (TPSA) is 51.1 Å². The van der Waals surface area contributed by atoms with Crippen molar-refractivity contribution in [3.05, 3.63) is 65.5 Å². The van der Waals surface area contributed by atoms with Gasteiger partial charge in [0, 0.05) is 24.4 Å². The van der Waals surface area contributed by atoms with E-state index >= 15 is 0 Å². The molecule has 28 heavy (non-hydrogen) atoms. The maximum Gasteiger partial charge on any atom is 0.225 e. The lowest BCUT2D eigenvalue weighted by Gasteiger charge is -2.26. The van der Waals surface area contributed by atoms with E-state index in [1.165, 1.54) is 12.1 Å². The molecule has 0 aromatic heterocycles. The van der Waals surface area contributed by atoms with E-state index in [1.54, 1.807) is 24.1 Å². The summed E-state index contributed by atoms with van der Waals surface area (Å²) in [4.78, 5) is 20.1. The van der Waals surface area contributed by atoms with Crippen LogP contribution in [0.2, 0.25) is 0 Å². The predicted molar refractivity (Wildman–Crippen MR) is 106 cm³/mol. The Balaban J connectivity index is 1.70. The van der Waals surface area contributed by atoms with Crippen LogP contribution >= 0.6 is 0 Å². The summed E-state index contributed by atoms with van der Waals surface area (Å²) in [6, 6.07) is 13.9. The van der Waals surface area contributed by atoms with Gasteiger partial charge < -0.3 is 14.5 Å². The largest absolute Gasteiger partial charge is 0.496 e. The SMILES string of the molecule is COc1ccccc1C1=NO[C@H](CN(Cc2ccc(F)cc2)C(=O)C(C)C)C1. The van der Waals surface area contributed by atoms with Crippen molar-refractivity contribution >= 4 is 11.6 Å². The zero-order valence-corrected chi connectivity index (χ0v) is 16.4. The first-order valence-electron chi connectivity index (χ1n) is 9.37. The number of halogens is 1. The average Bonchev–Trinajstić information content (AvgIpc) is 3.16. The number of hydrogen-bond donors (Lipinski definition) is 0. The maximum absolute atomic E-state index is 13.2. The summed E-state index contributed by atoms with van der Waals surface area (Å²) in [6.45, 7) is 4.55. The summed E-state index contributed by atoms with van der Waals surface area (Å²) in [7, 11) is 1.62. The van der Waals surface area contributed by atoms with Crippen LogP contribution in [0, 0.1) is 11.7 Å². The van der Waals surface area contributed by atoms with Gasteiger partial charge in [0.05, 0.1) is 19.4 Å². The molecule has 6 heteroatoms. The second kappa shape index (κ2) is 8.87. The number of oxime groups is 1. The van der Waals surface area contributed by atoms with Gasteiger partial charge in [0.2, 0.25) is 5.91 Å². The first kappa shape index (κ1) is 19.9. The molecule has 0 N–H and O–H groups in total. The summed E-state index contributed by atoms with van der Waals surface area (Å²) < 4.78 is 18.6. The number of rotatable bonds is 7. The van der Waals surface area contributed by atoms with Gasteiger partial charge in [-0.2, -0.15) is 0 Å². The number of hydrogen-bond acceptors (Lipinski definition) is 4. The van der Waals surface area contributed by atoms with E-state index in [1.807, 2.05) is 38.1 Å². The smallest absolute Gasteiger partial charge is 0.225 e. The minimum absolute atomic E-state index is 0.0265. The molecule has 0 saturated heterocycles. The molecule has 5 nitrogen and oxygen atoms in total. The van der Waals surface area contributed by atoms with Gasteiger partial charge in [-0.3, -0.25) is 4.79 Å². The molecule has 3 rings (SSSR count). The van der Waals surface area contributed by atoms with Crippen molar-refractivity contribution in [2.24, 2.45) is 11.1 Å². The summed E-state index contributed by atoms with van der Waals surface area (Å²) in [6.07, 6.45) is 0.356. The third kappa shape index (κ3) is 4.68. The van der Waals surface area contributed by atoms with Gasteiger partial charge in [0.15, 0.2) is 6.10 Å². The minimum atomic E-state index is -0.292. The highest BCUT2D eigenvalue weighted by molar-refractivity contribution is 6.03. The number of carbonyl (C=O) groups excluding carboxylic acids is 1. The molecule has 148 valence electrons. The zero-order chi connectivity index (χ0) is 20.1. The quantitative estimate of drug-likeness (QED) is 0.725. The van der Waals surface area contributed by atoms with E-state index in [0.29, 0.717) is 19.5 Å². The predicted octanol–water partition coefficient (Wildman–Crippen LogP) is 4.01. The molecule has 1 amide bonds. The molecule has 0 fully saturated rings. The van der Waals surface area contributed by atoms with Crippen molar-refractivity contribution in [1.82, 2.24) is 4.90 Å². The van der Waals surface area contributed by atoms with Crippen LogP contribution in [0.25, 0.3) is 0 Å². The van der Waals surface area contributed by atoms with Gasteiger partial charge in [0.25, 0.3) is 0 Å². The molecule has 0 saturated carbocycles. The zero-order valence-electron chi connectivity index (χ0n) is 16.4. The van der Waals surface area contributed by atoms with Gasteiger partial charge in [0.1, 0.15) is 11.6 Å². The molecule has 2 aromatic carbocycles. The molecule has 2 aromatic rings. The van der Waals surface area contributed by atoms with Crippen LogP contribution in [-0.2, 0) is 16.2 Å². The Morgan fingerprint density at radius 1 is 1.25 bits per heavy atom. The Bertz CT molecular complexity index is 849. The molecule has 0 bridgehead atoms. The van der Waals surface area contributed by atoms with Crippen molar-refractivity contribution in [3.63, 3.8) is 0 Å². The fraction of sp³-hybridized carbons (Fsp3) is 0.364. The second-order valence-corrected chi connectivity index (χ2v) is 7.17. The molecule has 0 aliphatic carbocycles. The summed E-state index contributed by atoms with van der Waals surface area (Å²) in [5.41, 5.74) is 2.58. The minimum Gasteiger partial charge on any atom is -0.496 e. The Labute approximate surface area is 164 Å². The number of para-hydroxylation sites is 1. The first-order chi connectivity index (χ1) is 13.5. The monoisotopic (exact) mass is 384 g/mol. The number of benzene rings is 2. The molecular weight excluding hydrogens is 359 g/mol. The van der Waals surface area contributed by atoms with Gasteiger partial charge in [-0.1, -0.05) is 43.3 Å². The Hall–Kier alpha value is -2.89. The lowest BCUT2D eigenvalue weighted by molar-refractivity contribution is -0.136. The van der Waals surface area contributed by atoms with Gasteiger partial charge in [-0.25, -0.2) is 4.39 Å². The van der Waals surface area contributed by atoms with E-state index in [-0.39, 0.29) is 23.7 Å². The van der Waals surface area contributed by atoms with Crippen LogP contribution in [0.3, 0.4) is 0 Å². The Morgan fingerprint density at radius 3 is 2.64 bits per heavy atom. The first-order valence-corrected chi connectivity index (χ1v) is 9.37. The number of nitrogens with zero attached hydrogens (tertiary/aromatic N) is 2. The molecule has 0 radical (unpaired) electrons. The van der Waals surface area contributed by atoms with Gasteiger partial charge >= 0.3 is 0 Å². The highest BCUT2D eigenvalue weighted by atomic mass is 19.1. The van der Waals surface area contributed by atoms with E-state index in [0.717, 1.165) is 22.6 Å². The Kier molecular flexibility index (Phi) is 6.29. The lowest BCUT2D eigenvalue weighted by Crippen LogP contribution is -2.39. The van der Waals surface area contributed by atoms with Crippen molar-refractivity contribution < 1.29 is 18.8 Å². The van der Waals surface area contributed by atoms with Gasteiger partial charge in [-0.15, -0.1) is 0 Å². The molecule has 1 heterocycles. The number of ether oxygens (including phenoxy) is 1. The highest BCUT2D eigenvalue weighted by Gasteiger charge is 2.28. The molecule has 1 aliphatic heterocycles. The van der Waals surface area contributed by atoms with E-state index in [9.17, 15) is 9.18 Å². The van der Waals surface area contributed by atoms with Gasteiger partial charge in [-0.05, 0) is 29.8 Å². The lowest BCUT2D eigenvalue weighted by atomic mass is 10.0. The van der Waals surface area contributed by atoms with Crippen molar-refractivity contribution in [1.29, 1.82) is 0 Å². The highest BCUT2D eigenvalue weighted by Crippen LogP contribution is 2.25. The third-order valence-corrected chi connectivity index (χ3v) is 4.67.